The monoisotopic (exact) mass is 333 g/mol. The van der Waals surface area contributed by atoms with E-state index in [0.29, 0.717) is 12.3 Å². The van der Waals surface area contributed by atoms with Gasteiger partial charge in [0.2, 0.25) is 5.91 Å². The van der Waals surface area contributed by atoms with Gasteiger partial charge in [0, 0.05) is 13.0 Å². The van der Waals surface area contributed by atoms with Crippen LogP contribution >= 0.6 is 0 Å². The van der Waals surface area contributed by atoms with E-state index in [1.165, 1.54) is 32.1 Å². The van der Waals surface area contributed by atoms with Crippen molar-refractivity contribution in [3.8, 4) is 0 Å². The third-order valence-corrected chi connectivity index (χ3v) is 4.28. The minimum Gasteiger partial charge on any atom is -0.356 e. The van der Waals surface area contributed by atoms with Crippen LogP contribution in [0, 0.1) is 5.92 Å². The summed E-state index contributed by atoms with van der Waals surface area (Å²) >= 11 is 0. The highest BCUT2D eigenvalue weighted by atomic mass is 16.1. The highest BCUT2D eigenvalue weighted by Crippen LogP contribution is 2.22. The first-order valence-corrected chi connectivity index (χ1v) is 8.76. The second-order valence-electron chi connectivity index (χ2n) is 5.93. The summed E-state index contributed by atoms with van der Waals surface area (Å²) in [4.78, 5) is 11.8. The number of allylic oxidation sites excluding steroid dienone is 2. The number of carbonyl (C=O) groups excluding carboxylic acids is 1. The number of hydrogen-bond donors (Lipinski definition) is 3. The van der Waals surface area contributed by atoms with Crippen LogP contribution in [0.1, 0.15) is 51.9 Å². The summed E-state index contributed by atoms with van der Waals surface area (Å²) < 4.78 is 0. The zero-order chi connectivity index (χ0) is 17.6. The molecule has 1 atom stereocenters. The lowest BCUT2D eigenvalue weighted by Gasteiger charge is -2.21. The Kier molecular flexibility index (Phi) is 10.4. The van der Waals surface area contributed by atoms with Crippen LogP contribution in [0.3, 0.4) is 0 Å². The quantitative estimate of drug-likeness (QED) is 0.623. The van der Waals surface area contributed by atoms with Crippen LogP contribution in [-0.4, -0.2) is 18.6 Å². The van der Waals surface area contributed by atoms with Gasteiger partial charge >= 0.3 is 0 Å². The topological polar surface area (TPSA) is 77.9 Å². The molecule has 1 unspecified atom stereocenters. The van der Waals surface area contributed by atoms with Crippen LogP contribution in [0.15, 0.2) is 47.3 Å². The maximum atomic E-state index is 11.8. The van der Waals surface area contributed by atoms with Gasteiger partial charge in [-0.2, -0.15) is 5.43 Å². The van der Waals surface area contributed by atoms with Gasteiger partial charge in [0.1, 0.15) is 0 Å². The first kappa shape index (κ1) is 20.1. The van der Waals surface area contributed by atoms with E-state index in [1.807, 2.05) is 25.2 Å². The number of carbonyl (C=O) groups is 1. The van der Waals surface area contributed by atoms with Gasteiger partial charge < -0.3 is 5.32 Å². The van der Waals surface area contributed by atoms with Gasteiger partial charge in [0.25, 0.3) is 0 Å². The molecule has 6 heteroatoms. The molecule has 0 radical (unpaired) electrons. The fourth-order valence-electron chi connectivity index (χ4n) is 2.89. The van der Waals surface area contributed by atoms with Gasteiger partial charge in [0.15, 0.2) is 6.17 Å². The molecular formula is C18H31N5O. The molecule has 134 valence electrons. The predicted molar refractivity (Wildman–Crippen MR) is 97.9 cm³/mol. The van der Waals surface area contributed by atoms with E-state index in [-0.39, 0.29) is 12.1 Å². The van der Waals surface area contributed by atoms with Crippen molar-refractivity contribution in [2.45, 2.75) is 58.0 Å². The fourth-order valence-corrected chi connectivity index (χ4v) is 2.89. The van der Waals surface area contributed by atoms with Gasteiger partial charge in [-0.05, 0) is 37.7 Å². The van der Waals surface area contributed by atoms with Crippen molar-refractivity contribution in [3.63, 3.8) is 0 Å². The molecule has 0 aromatic rings. The Balaban J connectivity index is 0.00000139. The van der Waals surface area contributed by atoms with Crippen molar-refractivity contribution in [1.82, 2.24) is 16.3 Å². The molecule has 0 saturated heterocycles. The molecule has 1 aliphatic heterocycles. The Labute approximate surface area is 145 Å². The molecule has 0 spiro atoms. The number of nitrogens with one attached hydrogen (secondary N) is 3. The summed E-state index contributed by atoms with van der Waals surface area (Å²) in [6.07, 6.45) is 13.6. The molecule has 0 bridgehead atoms. The van der Waals surface area contributed by atoms with Gasteiger partial charge in [-0.3, -0.25) is 4.79 Å². The average molecular weight is 333 g/mol. The summed E-state index contributed by atoms with van der Waals surface area (Å²) in [7, 11) is 0. The minimum absolute atomic E-state index is 0.102. The zero-order valence-corrected chi connectivity index (χ0v) is 14.8. The number of amides is 1. The average Bonchev–Trinajstić information content (AvgIpc) is 3.17. The van der Waals surface area contributed by atoms with Gasteiger partial charge in [-0.15, -0.1) is 18.3 Å². The van der Waals surface area contributed by atoms with Crippen molar-refractivity contribution in [2.24, 2.45) is 16.3 Å². The van der Waals surface area contributed by atoms with Crippen molar-refractivity contribution < 1.29 is 4.79 Å². The fraction of sp³-hybridized carbons (Fsp3) is 0.611. The van der Waals surface area contributed by atoms with Crippen LogP contribution in [0.5, 0.6) is 0 Å². The van der Waals surface area contributed by atoms with Crippen LogP contribution in [-0.2, 0) is 4.79 Å². The normalized spacial score (nSPS) is 21.2. The van der Waals surface area contributed by atoms with Crippen molar-refractivity contribution in [1.29, 1.82) is 0 Å². The van der Waals surface area contributed by atoms with E-state index < -0.39 is 0 Å². The number of rotatable bonds is 7. The standard InChI is InChI=1S/C16H27N5O.C2H4/c1-2-14(16-18-20-21-19-16)10-6-7-11-15(22)17-12-13-8-4-3-5-9-13;1-2/h2,6-7,13,16H,3-5,8-12H2,1H3,(H,17,22)(H,18,21)(H,19,20);1-2H2/b7-6-,14-2+;. The maximum Gasteiger partial charge on any atom is 0.223 e. The minimum atomic E-state index is -0.102. The smallest absolute Gasteiger partial charge is 0.223 e. The van der Waals surface area contributed by atoms with E-state index in [0.717, 1.165) is 18.5 Å². The van der Waals surface area contributed by atoms with Crippen LogP contribution in [0.4, 0.5) is 0 Å². The molecule has 6 nitrogen and oxygen atoms in total. The second-order valence-corrected chi connectivity index (χ2v) is 5.93. The summed E-state index contributed by atoms with van der Waals surface area (Å²) in [5, 5.41) is 10.8. The van der Waals surface area contributed by atoms with E-state index in [4.69, 9.17) is 0 Å². The molecule has 2 aliphatic rings. The maximum absolute atomic E-state index is 11.8. The lowest BCUT2D eigenvalue weighted by Crippen LogP contribution is -2.31. The van der Waals surface area contributed by atoms with Crippen LogP contribution in [0.25, 0.3) is 0 Å². The summed E-state index contributed by atoms with van der Waals surface area (Å²) in [6.45, 7) is 8.82. The molecular weight excluding hydrogens is 302 g/mol. The summed E-state index contributed by atoms with van der Waals surface area (Å²) in [5.74, 6) is 0.798. The molecule has 3 N–H and O–H groups in total. The SMILES string of the molecule is C/C=C(\C/C=C\CC(=O)NCC1CCCCC1)C1N=NNN1.C=C. The molecule has 1 fully saturated rings. The van der Waals surface area contributed by atoms with Crippen molar-refractivity contribution in [3.05, 3.63) is 37.0 Å². The molecule has 0 aromatic heterocycles. The van der Waals surface area contributed by atoms with E-state index >= 15 is 0 Å². The Bertz CT molecular complexity index is 452. The third kappa shape index (κ3) is 7.55. The Morgan fingerprint density at radius 3 is 2.54 bits per heavy atom. The Hall–Kier alpha value is -1.95. The van der Waals surface area contributed by atoms with E-state index in [2.05, 4.69) is 39.8 Å². The number of nitrogens with zero attached hydrogens (tertiary/aromatic N) is 2. The Morgan fingerprint density at radius 2 is 1.92 bits per heavy atom. The van der Waals surface area contributed by atoms with Crippen molar-refractivity contribution in [2.75, 3.05) is 6.54 Å². The molecule has 1 aliphatic carbocycles. The van der Waals surface area contributed by atoms with Gasteiger partial charge in [0.05, 0.1) is 0 Å². The number of hydrogen-bond acceptors (Lipinski definition) is 5. The highest BCUT2D eigenvalue weighted by Gasteiger charge is 2.15. The van der Waals surface area contributed by atoms with E-state index in [1.54, 1.807) is 0 Å². The van der Waals surface area contributed by atoms with Crippen LogP contribution in [0.2, 0.25) is 0 Å². The second kappa shape index (κ2) is 12.5. The molecule has 1 heterocycles. The molecule has 24 heavy (non-hydrogen) atoms. The summed E-state index contributed by atoms with van der Waals surface area (Å²) in [6, 6.07) is 0. The van der Waals surface area contributed by atoms with Crippen molar-refractivity contribution >= 4 is 5.91 Å². The summed E-state index contributed by atoms with van der Waals surface area (Å²) in [5.41, 5.74) is 6.70. The largest absolute Gasteiger partial charge is 0.356 e. The predicted octanol–water partition coefficient (Wildman–Crippen LogP) is 3.57. The lowest BCUT2D eigenvalue weighted by molar-refractivity contribution is -0.120. The first-order chi connectivity index (χ1) is 11.8. The highest BCUT2D eigenvalue weighted by molar-refractivity contribution is 5.77. The lowest BCUT2D eigenvalue weighted by atomic mass is 9.89. The van der Waals surface area contributed by atoms with Crippen LogP contribution < -0.4 is 16.3 Å². The molecule has 1 saturated carbocycles. The van der Waals surface area contributed by atoms with E-state index in [9.17, 15) is 4.79 Å². The zero-order valence-electron chi connectivity index (χ0n) is 14.8. The number of hydrazine groups is 1. The van der Waals surface area contributed by atoms with Gasteiger partial charge in [-0.25, -0.2) is 5.53 Å². The van der Waals surface area contributed by atoms with Gasteiger partial charge in [-0.1, -0.05) is 42.7 Å². The molecule has 1 amide bonds. The Morgan fingerprint density at radius 1 is 1.21 bits per heavy atom. The molecule has 2 rings (SSSR count). The third-order valence-electron chi connectivity index (χ3n) is 4.28. The molecule has 0 aromatic carbocycles. The first-order valence-electron chi connectivity index (χ1n) is 8.76.